The highest BCUT2D eigenvalue weighted by molar-refractivity contribution is 5.25. The van der Waals surface area contributed by atoms with Gasteiger partial charge in [-0.1, -0.05) is 5.92 Å². The van der Waals surface area contributed by atoms with Gasteiger partial charge in [-0.2, -0.15) is 9.78 Å². The fourth-order valence-corrected chi connectivity index (χ4v) is 2.27. The lowest BCUT2D eigenvalue weighted by Crippen LogP contribution is -2.56. The van der Waals surface area contributed by atoms with Crippen LogP contribution >= 0.6 is 0 Å². The second-order valence-corrected chi connectivity index (χ2v) is 4.83. The molecule has 1 fully saturated rings. The third kappa shape index (κ3) is 2.50. The van der Waals surface area contributed by atoms with Gasteiger partial charge in [0.15, 0.2) is 11.8 Å². The minimum absolute atomic E-state index is 0.675. The van der Waals surface area contributed by atoms with Gasteiger partial charge in [0.05, 0.1) is 6.10 Å². The number of nitrogens with two attached hydrogens (primary N) is 1. The first kappa shape index (κ1) is 15.4. The second-order valence-electron chi connectivity index (χ2n) is 4.83. The summed E-state index contributed by atoms with van der Waals surface area (Å²) in [5.74, 6) is 5.15. The first-order valence-electron chi connectivity index (χ1n) is 6.23. The zero-order valence-electron chi connectivity index (χ0n) is 11.5. The summed E-state index contributed by atoms with van der Waals surface area (Å²) >= 11 is 0. The minimum Gasteiger partial charge on any atom is -0.391 e. The Labute approximate surface area is 119 Å². The molecule has 9 nitrogen and oxygen atoms in total. The highest BCUT2D eigenvalue weighted by atomic mass is 16.6. The summed E-state index contributed by atoms with van der Waals surface area (Å²) in [5, 5.41) is 23.6. The van der Waals surface area contributed by atoms with Crippen molar-refractivity contribution in [2.24, 2.45) is 5.73 Å². The van der Waals surface area contributed by atoms with Crippen LogP contribution in [-0.4, -0.2) is 48.8 Å². The van der Waals surface area contributed by atoms with Crippen molar-refractivity contribution in [3.63, 3.8) is 0 Å². The van der Waals surface area contributed by atoms with Gasteiger partial charge in [-0.15, -0.1) is 5.92 Å². The smallest absolute Gasteiger partial charge is 0.347 e. The lowest BCUT2D eigenvalue weighted by molar-refractivity contribution is -0.0817. The van der Waals surface area contributed by atoms with E-state index in [0.717, 1.165) is 10.9 Å². The third-order valence-corrected chi connectivity index (χ3v) is 3.27. The molecule has 1 aromatic rings. The predicted octanol–water partition coefficient (Wildman–Crippen LogP) is -2.71. The molecule has 0 radical (unpaired) electrons. The Kier molecular flexibility index (Phi) is 3.97. The van der Waals surface area contributed by atoms with Crippen LogP contribution < -0.4 is 17.0 Å². The zero-order valence-corrected chi connectivity index (χ0v) is 11.5. The number of H-pyrrole nitrogens is 1. The van der Waals surface area contributed by atoms with Gasteiger partial charge in [0, 0.05) is 0 Å². The summed E-state index contributed by atoms with van der Waals surface area (Å²) in [6, 6.07) is 0. The standard InChI is InChI=1S/C12H16N4O5/c1-3-4-12(13)9(19)8(6(2)17)21-10(12)16-11(20)15-7(18)5-14-16/h5-6,8-10,17,19H,13H2,1-2H3,(H,15,18,20)/t6-,8+,9?,10+,12+/m0/s1. The molecule has 0 saturated carbocycles. The molecule has 9 heteroatoms. The number of aliphatic hydroxyl groups is 2. The van der Waals surface area contributed by atoms with E-state index in [1.54, 1.807) is 0 Å². The fraction of sp³-hybridized carbons (Fsp3) is 0.583. The summed E-state index contributed by atoms with van der Waals surface area (Å²) in [7, 11) is 0. The van der Waals surface area contributed by atoms with Crippen LogP contribution in [0.1, 0.15) is 20.1 Å². The maximum absolute atomic E-state index is 11.8. The Morgan fingerprint density at radius 2 is 2.29 bits per heavy atom. The van der Waals surface area contributed by atoms with Crippen molar-refractivity contribution in [2.75, 3.05) is 0 Å². The van der Waals surface area contributed by atoms with Crippen LogP contribution in [0.15, 0.2) is 15.8 Å². The van der Waals surface area contributed by atoms with Crippen LogP contribution in [0.2, 0.25) is 0 Å². The van der Waals surface area contributed by atoms with Crippen molar-refractivity contribution in [3.05, 3.63) is 27.0 Å². The predicted molar refractivity (Wildman–Crippen MR) is 71.1 cm³/mol. The molecular formula is C12H16N4O5. The molecule has 5 N–H and O–H groups in total. The van der Waals surface area contributed by atoms with Gasteiger partial charge in [0.2, 0.25) is 0 Å². The molecule has 1 aliphatic heterocycles. The van der Waals surface area contributed by atoms with Crippen molar-refractivity contribution in [1.29, 1.82) is 0 Å². The van der Waals surface area contributed by atoms with E-state index in [0.29, 0.717) is 0 Å². The fourth-order valence-electron chi connectivity index (χ4n) is 2.27. The average Bonchev–Trinajstić information content (AvgIpc) is 2.64. The Balaban J connectivity index is 2.56. The summed E-state index contributed by atoms with van der Waals surface area (Å²) in [4.78, 5) is 24.9. The molecule has 0 bridgehead atoms. The molecule has 1 saturated heterocycles. The van der Waals surface area contributed by atoms with Gasteiger partial charge in [0.25, 0.3) is 5.56 Å². The molecule has 0 spiro atoms. The van der Waals surface area contributed by atoms with Crippen molar-refractivity contribution >= 4 is 0 Å². The Bertz CT molecular complexity index is 700. The minimum atomic E-state index is -1.65. The summed E-state index contributed by atoms with van der Waals surface area (Å²) in [5.41, 5.74) is 2.90. The Morgan fingerprint density at radius 3 is 2.81 bits per heavy atom. The van der Waals surface area contributed by atoms with E-state index < -0.39 is 41.3 Å². The summed E-state index contributed by atoms with van der Waals surface area (Å²) in [6.07, 6.45) is -3.78. The molecule has 21 heavy (non-hydrogen) atoms. The van der Waals surface area contributed by atoms with Gasteiger partial charge in [-0.05, 0) is 13.8 Å². The van der Waals surface area contributed by atoms with E-state index in [9.17, 15) is 19.8 Å². The summed E-state index contributed by atoms with van der Waals surface area (Å²) in [6.45, 7) is 2.93. The maximum Gasteiger partial charge on any atom is 0.347 e. The molecule has 5 atom stereocenters. The van der Waals surface area contributed by atoms with E-state index in [1.165, 1.54) is 13.8 Å². The number of aliphatic hydroxyl groups excluding tert-OH is 2. The van der Waals surface area contributed by atoms with Crippen LogP contribution in [0.25, 0.3) is 0 Å². The van der Waals surface area contributed by atoms with E-state index in [-0.39, 0.29) is 0 Å². The largest absolute Gasteiger partial charge is 0.391 e. The van der Waals surface area contributed by atoms with Gasteiger partial charge in [-0.3, -0.25) is 9.78 Å². The monoisotopic (exact) mass is 296 g/mol. The Morgan fingerprint density at radius 1 is 1.62 bits per heavy atom. The summed E-state index contributed by atoms with van der Waals surface area (Å²) < 4.78 is 6.25. The normalized spacial score (nSPS) is 33.3. The zero-order chi connectivity index (χ0) is 15.8. The van der Waals surface area contributed by atoms with Gasteiger partial charge < -0.3 is 20.7 Å². The average molecular weight is 296 g/mol. The van der Waals surface area contributed by atoms with E-state index in [1.807, 2.05) is 4.98 Å². The molecule has 1 aliphatic rings. The number of ether oxygens (including phenoxy) is 1. The van der Waals surface area contributed by atoms with Gasteiger partial charge >= 0.3 is 5.69 Å². The van der Waals surface area contributed by atoms with E-state index in [2.05, 4.69) is 16.9 Å². The maximum atomic E-state index is 11.8. The second kappa shape index (κ2) is 5.42. The van der Waals surface area contributed by atoms with Crippen LogP contribution in [-0.2, 0) is 4.74 Å². The lowest BCUT2D eigenvalue weighted by atomic mass is 9.90. The molecule has 0 aromatic carbocycles. The first-order chi connectivity index (χ1) is 9.81. The van der Waals surface area contributed by atoms with E-state index in [4.69, 9.17) is 10.5 Å². The highest BCUT2D eigenvalue weighted by Gasteiger charge is 2.56. The SMILES string of the molecule is CC#C[C@@]1(N)C(O)[C@@H]([C@H](C)O)O[C@H]1n1ncc(=O)[nH]c1=O. The number of hydrogen-bond donors (Lipinski definition) is 4. The number of rotatable bonds is 2. The molecule has 2 rings (SSSR count). The molecule has 2 heterocycles. The van der Waals surface area contributed by atoms with Crippen molar-refractivity contribution in [1.82, 2.24) is 14.8 Å². The topological polar surface area (TPSA) is 143 Å². The number of aromatic amines is 1. The number of nitrogens with one attached hydrogen (secondary N) is 1. The highest BCUT2D eigenvalue weighted by Crippen LogP contribution is 2.36. The van der Waals surface area contributed by atoms with Crippen LogP contribution in [0.5, 0.6) is 0 Å². The lowest BCUT2D eigenvalue weighted by Gasteiger charge is -2.27. The molecule has 1 aromatic heterocycles. The van der Waals surface area contributed by atoms with Crippen molar-refractivity contribution in [3.8, 4) is 11.8 Å². The number of aromatic nitrogens is 3. The van der Waals surface area contributed by atoms with Crippen molar-refractivity contribution < 1.29 is 14.9 Å². The molecule has 1 unspecified atom stereocenters. The molecule has 114 valence electrons. The first-order valence-corrected chi connectivity index (χ1v) is 6.23. The van der Waals surface area contributed by atoms with Gasteiger partial charge in [-0.25, -0.2) is 4.79 Å². The number of hydrogen-bond acceptors (Lipinski definition) is 7. The van der Waals surface area contributed by atoms with Crippen LogP contribution in [0, 0.1) is 11.8 Å². The quantitative estimate of drug-likeness (QED) is 0.434. The number of nitrogens with zero attached hydrogens (tertiary/aromatic N) is 2. The molecule has 0 amide bonds. The van der Waals surface area contributed by atoms with Crippen LogP contribution in [0.4, 0.5) is 0 Å². The molecular weight excluding hydrogens is 280 g/mol. The molecule has 0 aliphatic carbocycles. The van der Waals surface area contributed by atoms with E-state index >= 15 is 0 Å². The third-order valence-electron chi connectivity index (χ3n) is 3.27. The Hall–Kier alpha value is -1.99. The van der Waals surface area contributed by atoms with Crippen LogP contribution in [0.3, 0.4) is 0 Å². The van der Waals surface area contributed by atoms with Gasteiger partial charge in [0.1, 0.15) is 18.4 Å². The van der Waals surface area contributed by atoms with Crippen molar-refractivity contribution in [2.45, 2.75) is 43.9 Å².